The molecule has 0 aromatic carbocycles. The molecule has 0 spiro atoms. The molecule has 1 fully saturated rings. The van der Waals surface area contributed by atoms with Gasteiger partial charge in [0, 0.05) is 6.08 Å². The minimum absolute atomic E-state index is 0.0921. The fourth-order valence-corrected chi connectivity index (χ4v) is 3.07. The van der Waals surface area contributed by atoms with Gasteiger partial charge in [-0.2, -0.15) is 0 Å². The van der Waals surface area contributed by atoms with Crippen molar-refractivity contribution in [3.63, 3.8) is 0 Å². The minimum Gasteiger partial charge on any atom is -0.466 e. The van der Waals surface area contributed by atoms with E-state index >= 15 is 0 Å². The number of allylic oxidation sites excluding steroid dienone is 3. The van der Waals surface area contributed by atoms with E-state index < -0.39 is 0 Å². The van der Waals surface area contributed by atoms with Gasteiger partial charge in [-0.25, -0.2) is 4.79 Å². The maximum atomic E-state index is 11.2. The van der Waals surface area contributed by atoms with Crippen molar-refractivity contribution in [2.75, 3.05) is 13.7 Å². The first-order chi connectivity index (χ1) is 11.4. The second kappa shape index (κ2) is 10.3. The van der Waals surface area contributed by atoms with Crippen LogP contribution in [0.3, 0.4) is 0 Å². The van der Waals surface area contributed by atoms with Crippen molar-refractivity contribution < 1.29 is 24.2 Å². The van der Waals surface area contributed by atoms with Crippen molar-refractivity contribution in [2.24, 2.45) is 11.8 Å². The first kappa shape index (κ1) is 20.4. The number of esters is 2. The van der Waals surface area contributed by atoms with Gasteiger partial charge in [0.1, 0.15) is 12.0 Å². The van der Waals surface area contributed by atoms with Gasteiger partial charge in [0.25, 0.3) is 0 Å². The zero-order chi connectivity index (χ0) is 18.1. The topological polar surface area (TPSA) is 72.8 Å². The van der Waals surface area contributed by atoms with Crippen molar-refractivity contribution in [2.45, 2.75) is 59.0 Å². The average Bonchev–Trinajstić information content (AvgIpc) is 2.49. The average molecular weight is 338 g/mol. The molecule has 136 valence electrons. The van der Waals surface area contributed by atoms with E-state index in [1.165, 1.54) is 18.8 Å². The molecule has 0 saturated carbocycles. The van der Waals surface area contributed by atoms with Crippen LogP contribution in [0.5, 0.6) is 0 Å². The number of unbranched alkanes of at least 4 members (excludes halogenated alkanes) is 1. The number of aliphatic hydroxyl groups is 1. The standard InChI is InChI=1S/C19H30O5/c1-13(9-14(2)10-15(3)11-18(21)23-4)7-5-6-8-17-16(12-20)19(22)24-17/h10-11,13,16-17,20H,5-9,12H2,1-4H3/b14-10+,15-11+/t13?,16-,17-/m0/s1. The maximum Gasteiger partial charge on any atom is 0.330 e. The summed E-state index contributed by atoms with van der Waals surface area (Å²) in [7, 11) is 1.37. The molecular formula is C19H30O5. The van der Waals surface area contributed by atoms with Gasteiger partial charge in [0.15, 0.2) is 0 Å². The highest BCUT2D eigenvalue weighted by molar-refractivity contribution is 5.83. The number of carbonyl (C=O) groups excluding carboxylic acids is 2. The Labute approximate surface area is 144 Å². The Hall–Kier alpha value is -1.62. The van der Waals surface area contributed by atoms with Crippen molar-refractivity contribution in [3.8, 4) is 0 Å². The number of rotatable bonds is 10. The zero-order valence-electron chi connectivity index (χ0n) is 15.2. The Balaban J connectivity index is 2.23. The molecule has 5 heteroatoms. The van der Waals surface area contributed by atoms with Gasteiger partial charge in [0.05, 0.1) is 13.7 Å². The van der Waals surface area contributed by atoms with E-state index in [2.05, 4.69) is 18.6 Å². The Morgan fingerprint density at radius 2 is 2.04 bits per heavy atom. The molecular weight excluding hydrogens is 308 g/mol. The van der Waals surface area contributed by atoms with Gasteiger partial charge in [-0.05, 0) is 44.6 Å². The van der Waals surface area contributed by atoms with Gasteiger partial charge >= 0.3 is 11.9 Å². The molecule has 1 N–H and O–H groups in total. The van der Waals surface area contributed by atoms with E-state index in [1.807, 2.05) is 13.0 Å². The maximum absolute atomic E-state index is 11.2. The van der Waals surface area contributed by atoms with E-state index in [4.69, 9.17) is 9.84 Å². The lowest BCUT2D eigenvalue weighted by atomic mass is 9.91. The van der Waals surface area contributed by atoms with Crippen LogP contribution in [0.2, 0.25) is 0 Å². The van der Waals surface area contributed by atoms with E-state index in [9.17, 15) is 9.59 Å². The van der Waals surface area contributed by atoms with Crippen LogP contribution in [0.4, 0.5) is 0 Å². The number of hydrogen-bond acceptors (Lipinski definition) is 5. The molecule has 1 saturated heterocycles. The molecule has 5 nitrogen and oxygen atoms in total. The van der Waals surface area contributed by atoms with Crippen LogP contribution in [0.25, 0.3) is 0 Å². The molecule has 0 bridgehead atoms. The summed E-state index contributed by atoms with van der Waals surface area (Å²) in [5.41, 5.74) is 2.14. The molecule has 24 heavy (non-hydrogen) atoms. The van der Waals surface area contributed by atoms with Gasteiger partial charge < -0.3 is 14.6 Å². The highest BCUT2D eigenvalue weighted by Gasteiger charge is 2.41. The third-order valence-corrected chi connectivity index (χ3v) is 4.34. The quantitative estimate of drug-likeness (QED) is 0.287. The molecule has 3 atom stereocenters. The summed E-state index contributed by atoms with van der Waals surface area (Å²) < 4.78 is 9.66. The number of ether oxygens (including phenoxy) is 2. The highest BCUT2D eigenvalue weighted by Crippen LogP contribution is 2.27. The Kier molecular flexibility index (Phi) is 8.76. The third-order valence-electron chi connectivity index (χ3n) is 4.34. The van der Waals surface area contributed by atoms with Crippen LogP contribution < -0.4 is 0 Å². The Morgan fingerprint density at radius 3 is 2.62 bits per heavy atom. The van der Waals surface area contributed by atoms with Crippen LogP contribution in [0.15, 0.2) is 23.3 Å². The number of hydrogen-bond donors (Lipinski definition) is 1. The van der Waals surface area contributed by atoms with E-state index in [0.29, 0.717) is 5.92 Å². The second-order valence-corrected chi connectivity index (χ2v) is 6.76. The third kappa shape index (κ3) is 6.87. The van der Waals surface area contributed by atoms with Crippen molar-refractivity contribution in [3.05, 3.63) is 23.3 Å². The van der Waals surface area contributed by atoms with Gasteiger partial charge in [-0.3, -0.25) is 4.79 Å². The zero-order valence-corrected chi connectivity index (χ0v) is 15.2. The van der Waals surface area contributed by atoms with Crippen molar-refractivity contribution >= 4 is 11.9 Å². The lowest BCUT2D eigenvalue weighted by Gasteiger charge is -2.33. The highest BCUT2D eigenvalue weighted by atomic mass is 16.6. The number of carbonyl (C=O) groups is 2. The van der Waals surface area contributed by atoms with Crippen LogP contribution >= 0.6 is 0 Å². The molecule has 1 heterocycles. The number of methoxy groups -OCH3 is 1. The molecule has 1 aliphatic heterocycles. The summed E-state index contributed by atoms with van der Waals surface area (Å²) in [6.07, 6.45) is 8.43. The normalized spacial score (nSPS) is 22.6. The van der Waals surface area contributed by atoms with E-state index in [0.717, 1.165) is 37.7 Å². The molecule has 0 radical (unpaired) electrons. The smallest absolute Gasteiger partial charge is 0.330 e. The summed E-state index contributed by atoms with van der Waals surface area (Å²) in [4.78, 5) is 22.3. The fraction of sp³-hybridized carbons (Fsp3) is 0.684. The molecule has 1 aliphatic rings. The summed E-state index contributed by atoms with van der Waals surface area (Å²) in [5, 5.41) is 9.07. The van der Waals surface area contributed by atoms with Crippen molar-refractivity contribution in [1.29, 1.82) is 0 Å². The Morgan fingerprint density at radius 1 is 1.33 bits per heavy atom. The SMILES string of the molecule is COC(=O)/C=C(C)/C=C(\C)CC(C)CCCC[C@@H]1OC(=O)[C@H]1CO. The second-order valence-electron chi connectivity index (χ2n) is 6.76. The lowest BCUT2D eigenvalue weighted by Crippen LogP contribution is -2.47. The summed E-state index contributed by atoms with van der Waals surface area (Å²) in [6.45, 7) is 6.08. The van der Waals surface area contributed by atoms with Gasteiger partial charge in [-0.1, -0.05) is 31.4 Å². The summed E-state index contributed by atoms with van der Waals surface area (Å²) >= 11 is 0. The van der Waals surface area contributed by atoms with Crippen LogP contribution in [0, 0.1) is 11.8 Å². The number of aliphatic hydroxyl groups excluding tert-OH is 1. The van der Waals surface area contributed by atoms with Crippen LogP contribution in [-0.2, 0) is 19.1 Å². The largest absolute Gasteiger partial charge is 0.466 e. The Bertz CT molecular complexity index is 492. The number of cyclic esters (lactones) is 1. The fourth-order valence-electron chi connectivity index (χ4n) is 3.07. The van der Waals surface area contributed by atoms with Gasteiger partial charge in [0.2, 0.25) is 0 Å². The molecule has 0 aromatic heterocycles. The lowest BCUT2D eigenvalue weighted by molar-refractivity contribution is -0.189. The van der Waals surface area contributed by atoms with Crippen LogP contribution in [0.1, 0.15) is 52.9 Å². The first-order valence-corrected chi connectivity index (χ1v) is 8.62. The summed E-state index contributed by atoms with van der Waals surface area (Å²) in [5.74, 6) is -0.351. The molecule has 1 rings (SSSR count). The van der Waals surface area contributed by atoms with Crippen molar-refractivity contribution in [1.82, 2.24) is 0 Å². The van der Waals surface area contributed by atoms with E-state index in [-0.39, 0.29) is 30.6 Å². The minimum atomic E-state index is -0.331. The molecule has 0 aromatic rings. The first-order valence-electron chi connectivity index (χ1n) is 8.62. The van der Waals surface area contributed by atoms with Gasteiger partial charge in [-0.15, -0.1) is 0 Å². The monoisotopic (exact) mass is 338 g/mol. The van der Waals surface area contributed by atoms with Crippen LogP contribution in [-0.4, -0.2) is 36.9 Å². The molecule has 0 aliphatic carbocycles. The predicted molar refractivity (Wildman–Crippen MR) is 92.2 cm³/mol. The molecule has 0 amide bonds. The molecule has 1 unspecified atom stereocenters. The predicted octanol–water partition coefficient (Wildman–Crippen LogP) is 3.17. The van der Waals surface area contributed by atoms with E-state index in [1.54, 1.807) is 0 Å². The summed E-state index contributed by atoms with van der Waals surface area (Å²) in [6, 6.07) is 0.